The van der Waals surface area contributed by atoms with Crippen LogP contribution in [-0.2, 0) is 14.8 Å². The molecule has 15 heteroatoms. The molecule has 200 valence electrons. The molecule has 3 aromatic heterocycles. The normalized spacial score (nSPS) is 13.9. The summed E-state index contributed by atoms with van der Waals surface area (Å²) in [7, 11) is -1.38. The fraction of sp³-hybridized carbons (Fsp3) is 0.348. The third kappa shape index (κ3) is 5.86. The lowest BCUT2D eigenvalue weighted by atomic mass is 10.1. The average molecular weight is 542 g/mol. The number of aliphatic imine (C=N–C) groups is 1. The van der Waals surface area contributed by atoms with Crippen LogP contribution < -0.4 is 9.46 Å². The standard InChI is InChI=1S/C23H27N9O5S/c1-8-9-18(36-6)28-15(4)20-29-30-23(32(20)19-21(33)26-12-27-22(19)37-7)31-38(34,35)16(5)14(3)17-11-24-13(2)10-25-17/h1,9-12,14,16H,2-7H3,(H,30,31)(H,26,27,33)/b18-9+,28-15+/t14-,16-/m0/s1. The first-order valence-electron chi connectivity index (χ1n) is 11.1. The molecule has 0 aliphatic carbocycles. The molecule has 0 bridgehead atoms. The molecule has 0 saturated carbocycles. The number of hydrogen-bond donors (Lipinski definition) is 2. The zero-order chi connectivity index (χ0) is 28.0. The van der Waals surface area contributed by atoms with Gasteiger partial charge < -0.3 is 14.6 Å². The van der Waals surface area contributed by atoms with Crippen molar-refractivity contribution in [3.8, 4) is 29.8 Å². The zero-order valence-corrected chi connectivity index (χ0v) is 22.4. The van der Waals surface area contributed by atoms with Crippen molar-refractivity contribution in [1.82, 2.24) is 34.7 Å². The summed E-state index contributed by atoms with van der Waals surface area (Å²) in [4.78, 5) is 20.6. The van der Waals surface area contributed by atoms with E-state index in [1.807, 2.05) is 0 Å². The SMILES string of the molecule is C#C/C=C(\N=C(/C)c1nnc(NS(=O)(=O)[C@@H](C)[C@H](C)c2cnc(C)cn2)n1-c1c(O)ncnc1OC)OC. The highest BCUT2D eigenvalue weighted by Crippen LogP contribution is 2.32. The van der Waals surface area contributed by atoms with Crippen LogP contribution in [0.2, 0.25) is 0 Å². The molecule has 0 amide bonds. The van der Waals surface area contributed by atoms with Crippen molar-refractivity contribution >= 4 is 21.7 Å². The zero-order valence-electron chi connectivity index (χ0n) is 21.6. The summed E-state index contributed by atoms with van der Waals surface area (Å²) in [6, 6.07) is 0. The van der Waals surface area contributed by atoms with E-state index in [-0.39, 0.29) is 34.9 Å². The Morgan fingerprint density at radius 2 is 1.95 bits per heavy atom. The Morgan fingerprint density at radius 3 is 2.55 bits per heavy atom. The first kappa shape index (κ1) is 28.0. The van der Waals surface area contributed by atoms with Gasteiger partial charge in [-0.2, -0.15) is 9.97 Å². The number of aryl methyl sites for hydroxylation is 1. The van der Waals surface area contributed by atoms with Crippen LogP contribution >= 0.6 is 0 Å². The predicted octanol–water partition coefficient (Wildman–Crippen LogP) is 1.73. The molecule has 3 heterocycles. The predicted molar refractivity (Wildman–Crippen MR) is 138 cm³/mol. The lowest BCUT2D eigenvalue weighted by Gasteiger charge is -2.21. The van der Waals surface area contributed by atoms with Gasteiger partial charge in [0.1, 0.15) is 6.33 Å². The van der Waals surface area contributed by atoms with Gasteiger partial charge in [-0.15, -0.1) is 16.6 Å². The maximum absolute atomic E-state index is 13.4. The second-order valence-electron chi connectivity index (χ2n) is 8.01. The second kappa shape index (κ2) is 11.6. The molecular formula is C23H27N9O5S. The second-order valence-corrected chi connectivity index (χ2v) is 10.0. The number of anilines is 1. The molecule has 2 atom stereocenters. The van der Waals surface area contributed by atoms with Gasteiger partial charge >= 0.3 is 0 Å². The third-order valence-electron chi connectivity index (χ3n) is 5.56. The molecule has 0 unspecified atom stereocenters. The van der Waals surface area contributed by atoms with Crippen molar-refractivity contribution in [1.29, 1.82) is 0 Å². The molecule has 0 aromatic carbocycles. The monoisotopic (exact) mass is 541 g/mol. The van der Waals surface area contributed by atoms with Crippen LogP contribution in [0, 0.1) is 19.3 Å². The summed E-state index contributed by atoms with van der Waals surface area (Å²) in [5, 5.41) is 17.7. The van der Waals surface area contributed by atoms with Gasteiger partial charge in [0, 0.05) is 18.3 Å². The number of rotatable bonds is 10. The van der Waals surface area contributed by atoms with E-state index in [2.05, 4.69) is 45.8 Å². The van der Waals surface area contributed by atoms with E-state index in [1.165, 1.54) is 38.0 Å². The Labute approximate surface area is 220 Å². The maximum atomic E-state index is 13.4. The molecule has 0 spiro atoms. The minimum absolute atomic E-state index is 0.0242. The van der Waals surface area contributed by atoms with Crippen LogP contribution in [0.15, 0.2) is 35.7 Å². The largest absolute Gasteiger partial charge is 0.492 e. The van der Waals surface area contributed by atoms with Crippen molar-refractivity contribution in [3.05, 3.63) is 47.9 Å². The van der Waals surface area contributed by atoms with Crippen LogP contribution in [0.25, 0.3) is 5.69 Å². The van der Waals surface area contributed by atoms with Crippen molar-refractivity contribution in [2.75, 3.05) is 18.9 Å². The van der Waals surface area contributed by atoms with Gasteiger partial charge in [-0.1, -0.05) is 12.8 Å². The van der Waals surface area contributed by atoms with E-state index in [4.69, 9.17) is 15.9 Å². The fourth-order valence-corrected chi connectivity index (χ4v) is 4.54. The van der Waals surface area contributed by atoms with Crippen molar-refractivity contribution in [2.24, 2.45) is 4.99 Å². The van der Waals surface area contributed by atoms with E-state index in [9.17, 15) is 13.5 Å². The first-order valence-corrected chi connectivity index (χ1v) is 12.7. The highest BCUT2D eigenvalue weighted by Gasteiger charge is 2.32. The van der Waals surface area contributed by atoms with Crippen LogP contribution in [0.4, 0.5) is 5.95 Å². The van der Waals surface area contributed by atoms with Gasteiger partial charge in [-0.05, 0) is 20.8 Å². The highest BCUT2D eigenvalue weighted by molar-refractivity contribution is 7.93. The average Bonchev–Trinajstić information content (AvgIpc) is 3.29. The topological polar surface area (TPSA) is 179 Å². The number of nitrogens with zero attached hydrogens (tertiary/aromatic N) is 8. The molecule has 2 N–H and O–H groups in total. The summed E-state index contributed by atoms with van der Waals surface area (Å²) < 4.78 is 40.9. The lowest BCUT2D eigenvalue weighted by molar-refractivity contribution is 0.289. The molecule has 14 nitrogen and oxygen atoms in total. The Kier molecular flexibility index (Phi) is 8.58. The van der Waals surface area contributed by atoms with Crippen LogP contribution in [0.5, 0.6) is 11.8 Å². The number of aromatic hydroxyl groups is 1. The molecule has 0 saturated heterocycles. The third-order valence-corrected chi connectivity index (χ3v) is 7.42. The van der Waals surface area contributed by atoms with E-state index in [0.29, 0.717) is 11.4 Å². The van der Waals surface area contributed by atoms with Crippen LogP contribution in [-0.4, -0.2) is 73.4 Å². The van der Waals surface area contributed by atoms with Gasteiger partial charge in [-0.25, -0.2) is 18.0 Å². The van der Waals surface area contributed by atoms with Crippen LogP contribution in [0.3, 0.4) is 0 Å². The van der Waals surface area contributed by atoms with Crippen molar-refractivity contribution in [2.45, 2.75) is 38.9 Å². The molecule has 0 aliphatic rings. The van der Waals surface area contributed by atoms with Gasteiger partial charge in [0.15, 0.2) is 11.5 Å². The number of methoxy groups -OCH3 is 2. The Morgan fingerprint density at radius 1 is 1.21 bits per heavy atom. The number of aromatic nitrogens is 7. The summed E-state index contributed by atoms with van der Waals surface area (Å²) in [5.74, 6) is 1.03. The summed E-state index contributed by atoms with van der Waals surface area (Å²) >= 11 is 0. The van der Waals surface area contributed by atoms with E-state index in [1.54, 1.807) is 27.0 Å². The molecule has 3 aromatic rings. The molecule has 3 rings (SSSR count). The number of sulfonamides is 1. The van der Waals surface area contributed by atoms with Gasteiger partial charge in [0.2, 0.25) is 33.6 Å². The smallest absolute Gasteiger partial charge is 0.245 e. The number of hydrogen-bond acceptors (Lipinski definition) is 12. The lowest BCUT2D eigenvalue weighted by Crippen LogP contribution is -2.31. The van der Waals surface area contributed by atoms with Gasteiger partial charge in [0.25, 0.3) is 0 Å². The van der Waals surface area contributed by atoms with Gasteiger partial charge in [0.05, 0.1) is 42.6 Å². The minimum atomic E-state index is -4.09. The molecule has 0 fully saturated rings. The molecular weight excluding hydrogens is 514 g/mol. The first-order chi connectivity index (χ1) is 18.0. The summed E-state index contributed by atoms with van der Waals surface area (Å²) in [6.07, 6.45) is 10.8. The molecule has 38 heavy (non-hydrogen) atoms. The Hall–Kier alpha value is -4.58. The van der Waals surface area contributed by atoms with Gasteiger partial charge in [-0.3, -0.25) is 14.7 Å². The number of allylic oxidation sites excluding steroid dienone is 1. The summed E-state index contributed by atoms with van der Waals surface area (Å²) in [6.45, 7) is 6.60. The van der Waals surface area contributed by atoms with E-state index < -0.39 is 27.1 Å². The molecule has 0 radical (unpaired) electrons. The molecule has 0 aliphatic heterocycles. The van der Waals surface area contributed by atoms with Crippen molar-refractivity contribution in [3.63, 3.8) is 0 Å². The van der Waals surface area contributed by atoms with E-state index in [0.717, 1.165) is 6.33 Å². The number of ether oxygens (including phenoxy) is 2. The van der Waals surface area contributed by atoms with E-state index >= 15 is 0 Å². The maximum Gasteiger partial charge on any atom is 0.245 e. The fourth-order valence-electron chi connectivity index (χ4n) is 3.29. The number of nitrogens with one attached hydrogen (secondary N) is 1. The number of terminal acetylenes is 1. The summed E-state index contributed by atoms with van der Waals surface area (Å²) in [5.41, 5.74) is 1.31. The van der Waals surface area contributed by atoms with Crippen molar-refractivity contribution < 1.29 is 23.0 Å². The van der Waals surface area contributed by atoms with Crippen LogP contribution in [0.1, 0.15) is 43.9 Å². The highest BCUT2D eigenvalue weighted by atomic mass is 32.2. The Bertz CT molecular complexity index is 1510. The quantitative estimate of drug-likeness (QED) is 0.217. The Balaban J connectivity index is 2.14. The minimum Gasteiger partial charge on any atom is -0.492 e.